The van der Waals surface area contributed by atoms with E-state index in [2.05, 4.69) is 34.2 Å². The number of benzene rings is 1. The van der Waals surface area contributed by atoms with Gasteiger partial charge in [-0.1, -0.05) is 23.2 Å². The summed E-state index contributed by atoms with van der Waals surface area (Å²) in [6.07, 6.45) is 0. The van der Waals surface area contributed by atoms with Crippen LogP contribution in [0.2, 0.25) is 10.0 Å². The molecule has 96 valence electrons. The highest BCUT2D eigenvalue weighted by atomic mass is 79.9. The van der Waals surface area contributed by atoms with E-state index in [1.54, 1.807) is 17.4 Å². The van der Waals surface area contributed by atoms with Crippen LogP contribution in [0.1, 0.15) is 21.4 Å². The van der Waals surface area contributed by atoms with Crippen molar-refractivity contribution in [2.24, 2.45) is 0 Å². The Kier molecular flexibility index (Phi) is 4.73. The molecule has 18 heavy (non-hydrogen) atoms. The largest absolute Gasteiger partial charge is 0.309 e. The Morgan fingerprint density at radius 1 is 1.28 bits per heavy atom. The normalized spacial score (nSPS) is 12.7. The lowest BCUT2D eigenvalue weighted by atomic mass is 10.1. The minimum Gasteiger partial charge on any atom is -0.309 e. The van der Waals surface area contributed by atoms with Crippen LogP contribution in [0.4, 0.5) is 0 Å². The van der Waals surface area contributed by atoms with E-state index in [-0.39, 0.29) is 6.04 Å². The Balaban J connectivity index is 2.48. The lowest BCUT2D eigenvalue weighted by Crippen LogP contribution is -2.16. The van der Waals surface area contributed by atoms with E-state index >= 15 is 0 Å². The summed E-state index contributed by atoms with van der Waals surface area (Å²) in [5.41, 5.74) is 1.00. The fourth-order valence-corrected chi connectivity index (χ4v) is 3.91. The van der Waals surface area contributed by atoms with Crippen LogP contribution in [-0.2, 0) is 0 Å². The summed E-state index contributed by atoms with van der Waals surface area (Å²) in [4.78, 5) is 2.47. The predicted octanol–water partition coefficient (Wildman–Crippen LogP) is 5.43. The molecule has 1 nitrogen and oxygen atoms in total. The second-order valence-electron chi connectivity index (χ2n) is 3.94. The SMILES string of the molecule is CNC(c1cc(Br)c(C)s1)c1cc(Cl)ccc1Cl. The van der Waals surface area contributed by atoms with Crippen molar-refractivity contribution in [2.75, 3.05) is 7.05 Å². The molecule has 1 unspecified atom stereocenters. The molecular formula is C13H12BrCl2NS. The van der Waals surface area contributed by atoms with Gasteiger partial charge in [-0.25, -0.2) is 0 Å². The molecule has 0 saturated carbocycles. The molecule has 0 amide bonds. The molecular weight excluding hydrogens is 353 g/mol. The Morgan fingerprint density at radius 2 is 2.00 bits per heavy atom. The lowest BCUT2D eigenvalue weighted by Gasteiger charge is -2.16. The van der Waals surface area contributed by atoms with Crippen molar-refractivity contribution in [3.8, 4) is 0 Å². The van der Waals surface area contributed by atoms with Crippen molar-refractivity contribution in [3.05, 3.63) is 54.1 Å². The topological polar surface area (TPSA) is 12.0 Å². The Labute approximate surface area is 129 Å². The van der Waals surface area contributed by atoms with Crippen molar-refractivity contribution in [2.45, 2.75) is 13.0 Å². The highest BCUT2D eigenvalue weighted by Crippen LogP contribution is 2.36. The molecule has 2 rings (SSSR count). The van der Waals surface area contributed by atoms with Crippen molar-refractivity contribution in [1.82, 2.24) is 5.32 Å². The highest BCUT2D eigenvalue weighted by molar-refractivity contribution is 9.10. The van der Waals surface area contributed by atoms with E-state index in [0.29, 0.717) is 5.02 Å². The molecule has 0 aliphatic heterocycles. The van der Waals surface area contributed by atoms with Gasteiger partial charge in [0.1, 0.15) is 0 Å². The molecule has 0 aliphatic rings. The number of rotatable bonds is 3. The van der Waals surface area contributed by atoms with Gasteiger partial charge in [-0.2, -0.15) is 0 Å². The summed E-state index contributed by atoms with van der Waals surface area (Å²) >= 11 is 17.6. The van der Waals surface area contributed by atoms with Crippen LogP contribution in [-0.4, -0.2) is 7.05 Å². The van der Waals surface area contributed by atoms with Crippen LogP contribution in [0.25, 0.3) is 0 Å². The number of thiophene rings is 1. The standard InChI is InChI=1S/C13H12BrCl2NS/c1-7-10(14)6-12(18-7)13(17-2)9-5-8(15)3-4-11(9)16/h3-6,13,17H,1-2H3. The maximum absolute atomic E-state index is 6.26. The van der Waals surface area contributed by atoms with E-state index in [1.807, 2.05) is 19.2 Å². The van der Waals surface area contributed by atoms with Gasteiger partial charge in [-0.05, 0) is 59.7 Å². The lowest BCUT2D eigenvalue weighted by molar-refractivity contribution is 0.704. The summed E-state index contributed by atoms with van der Waals surface area (Å²) < 4.78 is 1.13. The molecule has 0 saturated heterocycles. The molecule has 1 aromatic carbocycles. The number of aryl methyl sites for hydroxylation is 1. The second kappa shape index (κ2) is 5.93. The molecule has 0 bridgehead atoms. The first-order chi connectivity index (χ1) is 8.52. The fourth-order valence-electron chi connectivity index (χ4n) is 1.81. The minimum absolute atomic E-state index is 0.0613. The van der Waals surface area contributed by atoms with Crippen LogP contribution < -0.4 is 5.32 Å². The van der Waals surface area contributed by atoms with Gasteiger partial charge in [0.15, 0.2) is 0 Å². The zero-order valence-electron chi connectivity index (χ0n) is 9.93. The van der Waals surface area contributed by atoms with Gasteiger partial charge in [0.05, 0.1) is 6.04 Å². The zero-order chi connectivity index (χ0) is 13.3. The summed E-state index contributed by atoms with van der Waals surface area (Å²) in [6.45, 7) is 2.09. The van der Waals surface area contributed by atoms with Crippen LogP contribution >= 0.6 is 50.5 Å². The zero-order valence-corrected chi connectivity index (χ0v) is 13.8. The molecule has 0 fully saturated rings. The molecule has 5 heteroatoms. The first kappa shape index (κ1) is 14.4. The molecule has 1 heterocycles. The minimum atomic E-state index is 0.0613. The highest BCUT2D eigenvalue weighted by Gasteiger charge is 2.18. The van der Waals surface area contributed by atoms with Crippen LogP contribution in [0.5, 0.6) is 0 Å². The Bertz CT molecular complexity index is 549. The van der Waals surface area contributed by atoms with Crippen LogP contribution in [0.3, 0.4) is 0 Å². The molecule has 0 aliphatic carbocycles. The quantitative estimate of drug-likeness (QED) is 0.765. The third-order valence-electron chi connectivity index (χ3n) is 2.72. The summed E-state index contributed by atoms with van der Waals surface area (Å²) in [7, 11) is 1.92. The van der Waals surface area contributed by atoms with Crippen molar-refractivity contribution < 1.29 is 0 Å². The van der Waals surface area contributed by atoms with Gasteiger partial charge in [-0.3, -0.25) is 0 Å². The molecule has 0 spiro atoms. The van der Waals surface area contributed by atoms with Crippen molar-refractivity contribution in [1.29, 1.82) is 0 Å². The third kappa shape index (κ3) is 2.91. The van der Waals surface area contributed by atoms with Crippen molar-refractivity contribution >= 4 is 50.5 Å². The average Bonchev–Trinajstić information content (AvgIpc) is 2.65. The number of hydrogen-bond donors (Lipinski definition) is 1. The van der Waals surface area contributed by atoms with Crippen molar-refractivity contribution in [3.63, 3.8) is 0 Å². The average molecular weight is 365 g/mol. The number of nitrogens with one attached hydrogen (secondary N) is 1. The number of halogens is 3. The smallest absolute Gasteiger partial charge is 0.0684 e. The summed E-state index contributed by atoms with van der Waals surface area (Å²) in [5.74, 6) is 0. The van der Waals surface area contributed by atoms with E-state index < -0.39 is 0 Å². The maximum Gasteiger partial charge on any atom is 0.0684 e. The fraction of sp³-hybridized carbons (Fsp3) is 0.231. The monoisotopic (exact) mass is 363 g/mol. The van der Waals surface area contributed by atoms with Gasteiger partial charge in [0.2, 0.25) is 0 Å². The van der Waals surface area contributed by atoms with Gasteiger partial charge < -0.3 is 5.32 Å². The maximum atomic E-state index is 6.26. The second-order valence-corrected chi connectivity index (χ2v) is 6.93. The van der Waals surface area contributed by atoms with Crippen LogP contribution in [0, 0.1) is 6.92 Å². The summed E-state index contributed by atoms with van der Waals surface area (Å²) in [5, 5.41) is 4.71. The Morgan fingerprint density at radius 3 is 2.56 bits per heavy atom. The molecule has 1 atom stereocenters. The van der Waals surface area contributed by atoms with E-state index in [9.17, 15) is 0 Å². The number of hydrogen-bond acceptors (Lipinski definition) is 2. The first-order valence-electron chi connectivity index (χ1n) is 5.41. The molecule has 1 aromatic heterocycles. The van der Waals surface area contributed by atoms with Gasteiger partial charge in [-0.15, -0.1) is 11.3 Å². The molecule has 0 radical (unpaired) electrons. The van der Waals surface area contributed by atoms with E-state index in [0.717, 1.165) is 15.1 Å². The molecule has 2 aromatic rings. The van der Waals surface area contributed by atoms with E-state index in [4.69, 9.17) is 23.2 Å². The van der Waals surface area contributed by atoms with Gasteiger partial charge in [0, 0.05) is 24.3 Å². The van der Waals surface area contributed by atoms with Gasteiger partial charge in [0.25, 0.3) is 0 Å². The van der Waals surface area contributed by atoms with E-state index in [1.165, 1.54) is 9.75 Å². The first-order valence-corrected chi connectivity index (χ1v) is 7.77. The summed E-state index contributed by atoms with van der Waals surface area (Å²) in [6, 6.07) is 7.73. The molecule has 1 N–H and O–H groups in total. The van der Waals surface area contributed by atoms with Crippen LogP contribution in [0.15, 0.2) is 28.7 Å². The predicted molar refractivity (Wildman–Crippen MR) is 84.1 cm³/mol. The Hall–Kier alpha value is -0.0600. The third-order valence-corrected chi connectivity index (χ3v) is 5.50. The van der Waals surface area contributed by atoms with Gasteiger partial charge >= 0.3 is 0 Å².